The summed E-state index contributed by atoms with van der Waals surface area (Å²) in [6.45, 7) is 3.40. The Morgan fingerprint density at radius 2 is 2.29 bits per heavy atom. The summed E-state index contributed by atoms with van der Waals surface area (Å²) in [6, 6.07) is 0. The Morgan fingerprint density at radius 3 is 2.43 bits per heavy atom. The molecular weight excluding hydrogens is 106 g/mol. The third-order valence-corrected chi connectivity index (χ3v) is 2.19. The van der Waals surface area contributed by atoms with E-state index < -0.39 is 0 Å². The van der Waals surface area contributed by atoms with Gasteiger partial charge in [-0.2, -0.15) is 0 Å². The molecule has 0 aromatic rings. The van der Waals surface area contributed by atoms with E-state index in [0.29, 0.717) is 0 Å². The second-order valence-corrected chi connectivity index (χ2v) is 2.92. The molecule has 0 N–H and O–H groups in total. The van der Waals surface area contributed by atoms with Gasteiger partial charge in [-0.15, -0.1) is 0 Å². The Hall–Kier alpha value is 0.0200. The van der Waals surface area contributed by atoms with Crippen LogP contribution in [0.25, 0.3) is 0 Å². The van der Waals surface area contributed by atoms with Crippen LogP contribution in [0.3, 0.4) is 0 Å². The van der Waals surface area contributed by atoms with Crippen LogP contribution in [0, 0.1) is 0 Å². The molecule has 0 aliphatic heterocycles. The van der Waals surface area contributed by atoms with Gasteiger partial charge >= 0.3 is 0 Å². The normalized spacial score (nSPS) is 21.1. The lowest BCUT2D eigenvalue weighted by atomic mass is 10.0. The first kappa shape index (κ1) is 5.16. The molecule has 1 aliphatic carbocycles. The molecule has 0 aromatic heterocycles. The molecule has 40 valence electrons. The van der Waals surface area contributed by atoms with Crippen LogP contribution in [-0.2, 0) is 0 Å². The molecule has 0 amide bonds. The molecule has 0 spiro atoms. The van der Waals surface area contributed by atoms with E-state index in [1.165, 1.54) is 19.3 Å². The maximum absolute atomic E-state index is 3.72. The summed E-state index contributed by atoms with van der Waals surface area (Å²) in [5.41, 5.74) is 0. The van der Waals surface area contributed by atoms with Crippen molar-refractivity contribution < 1.29 is 0 Å². The van der Waals surface area contributed by atoms with Gasteiger partial charge in [-0.1, -0.05) is 6.42 Å². The second kappa shape index (κ2) is 2.36. The number of hydrogen-bond donors (Lipinski definition) is 0. The summed E-state index contributed by atoms with van der Waals surface area (Å²) in [6.07, 6.45) is 4.10. The summed E-state index contributed by atoms with van der Waals surface area (Å²) < 4.78 is 3.72. The zero-order valence-electron chi connectivity index (χ0n) is 4.26. The molecule has 0 aromatic carbocycles. The first-order valence-corrected chi connectivity index (χ1v) is 3.39. The van der Waals surface area contributed by atoms with Crippen molar-refractivity contribution in [3.63, 3.8) is 0 Å². The Labute approximate surface area is 48.3 Å². The monoisotopic (exact) mass is 115 g/mol. The van der Waals surface area contributed by atoms with Gasteiger partial charge in [-0.25, -0.2) is 4.40 Å². The lowest BCUT2D eigenvalue weighted by molar-refractivity contribution is 0.522. The van der Waals surface area contributed by atoms with Crippen molar-refractivity contribution in [1.29, 1.82) is 0 Å². The van der Waals surface area contributed by atoms with Gasteiger partial charge in [0.25, 0.3) is 0 Å². The van der Waals surface area contributed by atoms with Crippen molar-refractivity contribution in [3.05, 3.63) is 0 Å². The van der Waals surface area contributed by atoms with E-state index in [2.05, 4.69) is 11.1 Å². The van der Waals surface area contributed by atoms with Crippen molar-refractivity contribution in [2.75, 3.05) is 0 Å². The molecule has 0 saturated heterocycles. The second-order valence-electron chi connectivity index (χ2n) is 1.79. The Balaban J connectivity index is 2.03. The number of rotatable bonds is 2. The van der Waals surface area contributed by atoms with Gasteiger partial charge < -0.3 is 0 Å². The Bertz CT molecular complexity index is 68.5. The summed E-state index contributed by atoms with van der Waals surface area (Å²) in [5.74, 6) is 0. The minimum Gasteiger partial charge on any atom is -0.232 e. The molecule has 2 heteroatoms. The first-order chi connectivity index (χ1) is 3.43. The molecule has 0 heterocycles. The van der Waals surface area contributed by atoms with Gasteiger partial charge in [0.05, 0.1) is 0 Å². The average Bonchev–Trinajstić information content (AvgIpc) is 1.55. The molecule has 1 nitrogen and oxygen atoms in total. The van der Waals surface area contributed by atoms with Crippen LogP contribution in [0.15, 0.2) is 4.40 Å². The van der Waals surface area contributed by atoms with Crippen LogP contribution in [0.5, 0.6) is 0 Å². The highest BCUT2D eigenvalue weighted by Gasteiger charge is 2.16. The molecule has 0 atom stereocenters. The predicted octanol–water partition coefficient (Wildman–Crippen LogP) is 1.89. The Kier molecular flexibility index (Phi) is 1.74. The molecule has 0 unspecified atom stereocenters. The van der Waals surface area contributed by atoms with Crippen molar-refractivity contribution in [2.24, 2.45) is 4.40 Å². The van der Waals surface area contributed by atoms with Gasteiger partial charge in [0.2, 0.25) is 0 Å². The molecule has 0 bridgehead atoms. The molecule has 7 heavy (non-hydrogen) atoms. The third kappa shape index (κ3) is 1.20. The van der Waals surface area contributed by atoms with Gasteiger partial charge in [0, 0.05) is 5.25 Å². The molecule has 1 saturated carbocycles. The molecule has 1 fully saturated rings. The fraction of sp³-hybridized carbons (Fsp3) is 0.800. The van der Waals surface area contributed by atoms with Crippen LogP contribution in [0.2, 0.25) is 0 Å². The largest absolute Gasteiger partial charge is 0.232 e. The first-order valence-electron chi connectivity index (χ1n) is 2.55. The maximum atomic E-state index is 3.72. The minimum absolute atomic E-state index is 0.817. The number of hydrogen-bond acceptors (Lipinski definition) is 2. The van der Waals surface area contributed by atoms with Gasteiger partial charge in [-0.05, 0) is 31.5 Å². The van der Waals surface area contributed by atoms with E-state index in [4.69, 9.17) is 0 Å². The quantitative estimate of drug-likeness (QED) is 0.395. The maximum Gasteiger partial charge on any atom is 0.0266 e. The van der Waals surface area contributed by atoms with Crippen LogP contribution in [-0.4, -0.2) is 12.0 Å². The van der Waals surface area contributed by atoms with Crippen molar-refractivity contribution in [3.8, 4) is 0 Å². The van der Waals surface area contributed by atoms with E-state index in [1.54, 1.807) is 11.9 Å². The fourth-order valence-electron chi connectivity index (χ4n) is 0.582. The smallest absolute Gasteiger partial charge is 0.0266 e. The SMILES string of the molecule is C=NSC1CCC1. The van der Waals surface area contributed by atoms with E-state index in [-0.39, 0.29) is 0 Å². The molecule has 1 rings (SSSR count). The molecule has 0 radical (unpaired) electrons. The Morgan fingerprint density at radius 1 is 1.57 bits per heavy atom. The molecular formula is C5H9NS. The summed E-state index contributed by atoms with van der Waals surface area (Å²) >= 11 is 1.63. The third-order valence-electron chi connectivity index (χ3n) is 1.28. The standard InChI is InChI=1S/C5H9NS/c1-6-7-5-3-2-4-5/h5H,1-4H2. The zero-order valence-corrected chi connectivity index (χ0v) is 5.08. The summed E-state index contributed by atoms with van der Waals surface area (Å²) in [5, 5.41) is 0.817. The highest BCUT2D eigenvalue weighted by Crippen LogP contribution is 2.30. The van der Waals surface area contributed by atoms with Gasteiger partial charge in [0.15, 0.2) is 0 Å². The zero-order chi connectivity index (χ0) is 5.11. The van der Waals surface area contributed by atoms with Crippen LogP contribution >= 0.6 is 11.9 Å². The fourth-order valence-corrected chi connectivity index (χ4v) is 1.34. The van der Waals surface area contributed by atoms with E-state index in [0.717, 1.165) is 5.25 Å². The van der Waals surface area contributed by atoms with E-state index in [9.17, 15) is 0 Å². The topological polar surface area (TPSA) is 12.4 Å². The van der Waals surface area contributed by atoms with E-state index >= 15 is 0 Å². The summed E-state index contributed by atoms with van der Waals surface area (Å²) in [7, 11) is 0. The molecule has 1 aliphatic rings. The average molecular weight is 115 g/mol. The highest BCUT2D eigenvalue weighted by molar-refractivity contribution is 7.98. The lowest BCUT2D eigenvalue weighted by Gasteiger charge is -2.21. The van der Waals surface area contributed by atoms with Crippen LogP contribution in [0.4, 0.5) is 0 Å². The van der Waals surface area contributed by atoms with Crippen LogP contribution < -0.4 is 0 Å². The van der Waals surface area contributed by atoms with Crippen LogP contribution in [0.1, 0.15) is 19.3 Å². The number of nitrogens with zero attached hydrogens (tertiary/aromatic N) is 1. The van der Waals surface area contributed by atoms with E-state index in [1.807, 2.05) is 0 Å². The van der Waals surface area contributed by atoms with Crippen molar-refractivity contribution in [2.45, 2.75) is 24.5 Å². The highest BCUT2D eigenvalue weighted by atomic mass is 32.2. The van der Waals surface area contributed by atoms with Crippen molar-refractivity contribution in [1.82, 2.24) is 0 Å². The summed E-state index contributed by atoms with van der Waals surface area (Å²) in [4.78, 5) is 0. The lowest BCUT2D eigenvalue weighted by Crippen LogP contribution is -2.11. The van der Waals surface area contributed by atoms with Gasteiger partial charge in [-0.3, -0.25) is 0 Å². The van der Waals surface area contributed by atoms with Crippen molar-refractivity contribution >= 4 is 18.7 Å². The predicted molar refractivity (Wildman–Crippen MR) is 34.8 cm³/mol. The van der Waals surface area contributed by atoms with Gasteiger partial charge in [0.1, 0.15) is 0 Å². The minimum atomic E-state index is 0.817.